The SMILES string of the molecule is Cc1c(Br)cc(S(=O)(=O)N(CCO)C(C)C)cc1C(=O)O. The van der Waals surface area contributed by atoms with E-state index in [1.54, 1.807) is 20.8 Å². The molecule has 0 aliphatic heterocycles. The Labute approximate surface area is 132 Å². The second-order valence-corrected chi connectivity index (χ2v) is 7.56. The zero-order valence-electron chi connectivity index (χ0n) is 12.0. The number of carbonyl (C=O) groups is 1. The van der Waals surface area contributed by atoms with Crippen LogP contribution in [0.15, 0.2) is 21.5 Å². The predicted octanol–water partition coefficient (Wildman–Crippen LogP) is 1.85. The molecule has 21 heavy (non-hydrogen) atoms. The molecule has 1 rings (SSSR count). The minimum atomic E-state index is -3.88. The fourth-order valence-electron chi connectivity index (χ4n) is 1.91. The summed E-state index contributed by atoms with van der Waals surface area (Å²) >= 11 is 3.19. The van der Waals surface area contributed by atoms with Gasteiger partial charge in [0.15, 0.2) is 0 Å². The highest BCUT2D eigenvalue weighted by Crippen LogP contribution is 2.27. The van der Waals surface area contributed by atoms with Crippen molar-refractivity contribution in [1.29, 1.82) is 0 Å². The largest absolute Gasteiger partial charge is 0.478 e. The van der Waals surface area contributed by atoms with Gasteiger partial charge >= 0.3 is 5.97 Å². The van der Waals surface area contributed by atoms with Crippen molar-refractivity contribution in [1.82, 2.24) is 4.31 Å². The number of aliphatic hydroxyl groups is 1. The Bertz CT molecular complexity index is 642. The predicted molar refractivity (Wildman–Crippen MR) is 82.0 cm³/mol. The Morgan fingerprint density at radius 1 is 1.38 bits per heavy atom. The van der Waals surface area contributed by atoms with E-state index < -0.39 is 16.0 Å². The van der Waals surface area contributed by atoms with Gasteiger partial charge in [-0.2, -0.15) is 4.31 Å². The number of benzene rings is 1. The van der Waals surface area contributed by atoms with Gasteiger partial charge in [0.25, 0.3) is 0 Å². The van der Waals surface area contributed by atoms with Crippen molar-refractivity contribution in [3.05, 3.63) is 27.7 Å². The van der Waals surface area contributed by atoms with Gasteiger partial charge < -0.3 is 10.2 Å². The molecule has 0 saturated heterocycles. The maximum atomic E-state index is 12.6. The summed E-state index contributed by atoms with van der Waals surface area (Å²) in [6.07, 6.45) is 0. The molecule has 1 aromatic carbocycles. The van der Waals surface area contributed by atoms with E-state index in [0.717, 1.165) is 10.4 Å². The maximum absolute atomic E-state index is 12.6. The average Bonchev–Trinajstić information content (AvgIpc) is 2.37. The van der Waals surface area contributed by atoms with E-state index >= 15 is 0 Å². The summed E-state index contributed by atoms with van der Waals surface area (Å²) in [4.78, 5) is 11.1. The van der Waals surface area contributed by atoms with E-state index in [4.69, 9.17) is 10.2 Å². The first kappa shape index (κ1) is 18.1. The van der Waals surface area contributed by atoms with Gasteiger partial charge in [-0.25, -0.2) is 13.2 Å². The minimum absolute atomic E-state index is 0.0477. The zero-order valence-corrected chi connectivity index (χ0v) is 14.4. The van der Waals surface area contributed by atoms with E-state index in [1.165, 1.54) is 6.07 Å². The third-order valence-electron chi connectivity index (χ3n) is 3.05. The van der Waals surface area contributed by atoms with Crippen LogP contribution in [-0.4, -0.2) is 48.1 Å². The lowest BCUT2D eigenvalue weighted by Crippen LogP contribution is -2.39. The number of carboxylic acid groups (broad SMARTS) is 1. The van der Waals surface area contributed by atoms with Crippen LogP contribution >= 0.6 is 15.9 Å². The van der Waals surface area contributed by atoms with Gasteiger partial charge in [0.2, 0.25) is 10.0 Å². The maximum Gasteiger partial charge on any atom is 0.336 e. The van der Waals surface area contributed by atoms with Gasteiger partial charge in [0, 0.05) is 17.1 Å². The number of nitrogens with zero attached hydrogens (tertiary/aromatic N) is 1. The molecular weight excluding hydrogens is 362 g/mol. The molecule has 0 radical (unpaired) electrons. The summed E-state index contributed by atoms with van der Waals surface area (Å²) in [7, 11) is -3.88. The van der Waals surface area contributed by atoms with Crippen LogP contribution in [0.4, 0.5) is 0 Å². The second kappa shape index (κ2) is 6.87. The van der Waals surface area contributed by atoms with Crippen molar-refractivity contribution >= 4 is 31.9 Å². The summed E-state index contributed by atoms with van der Waals surface area (Å²) in [5.74, 6) is -1.19. The molecule has 0 fully saturated rings. The second-order valence-electron chi connectivity index (χ2n) is 4.82. The van der Waals surface area contributed by atoms with Crippen LogP contribution in [-0.2, 0) is 10.0 Å². The Morgan fingerprint density at radius 2 is 1.95 bits per heavy atom. The first-order chi connectivity index (χ1) is 9.62. The summed E-state index contributed by atoms with van der Waals surface area (Å²) in [5, 5.41) is 18.2. The van der Waals surface area contributed by atoms with Crippen LogP contribution in [0.25, 0.3) is 0 Å². The Kier molecular flexibility index (Phi) is 5.92. The molecule has 0 bridgehead atoms. The molecule has 0 aromatic heterocycles. The van der Waals surface area contributed by atoms with Crippen LogP contribution < -0.4 is 0 Å². The lowest BCUT2D eigenvalue weighted by atomic mass is 10.1. The van der Waals surface area contributed by atoms with Crippen molar-refractivity contribution < 1.29 is 23.4 Å². The molecular formula is C13H18BrNO5S. The first-order valence-electron chi connectivity index (χ1n) is 6.29. The molecule has 0 spiro atoms. The molecule has 6 nitrogen and oxygen atoms in total. The van der Waals surface area contributed by atoms with Gasteiger partial charge in [0.05, 0.1) is 17.1 Å². The van der Waals surface area contributed by atoms with Gasteiger partial charge in [-0.1, -0.05) is 15.9 Å². The number of hydrogen-bond donors (Lipinski definition) is 2. The van der Waals surface area contributed by atoms with E-state index in [1.807, 2.05) is 0 Å². The third kappa shape index (κ3) is 3.82. The fraction of sp³-hybridized carbons (Fsp3) is 0.462. The summed E-state index contributed by atoms with van der Waals surface area (Å²) in [6, 6.07) is 2.17. The third-order valence-corrected chi connectivity index (χ3v) is 5.93. The van der Waals surface area contributed by atoms with Gasteiger partial charge in [-0.3, -0.25) is 0 Å². The average molecular weight is 380 g/mol. The standard InChI is InChI=1S/C13H18BrNO5S/c1-8(2)15(4-5-16)21(19,20)10-6-11(13(17)18)9(3)12(14)7-10/h6-8,16H,4-5H2,1-3H3,(H,17,18). The van der Waals surface area contributed by atoms with Crippen molar-refractivity contribution in [2.24, 2.45) is 0 Å². The molecule has 0 aliphatic rings. The lowest BCUT2D eigenvalue weighted by molar-refractivity contribution is 0.0695. The fourth-order valence-corrected chi connectivity index (χ4v) is 4.21. The van der Waals surface area contributed by atoms with E-state index in [9.17, 15) is 13.2 Å². The Hall–Kier alpha value is -0.960. The highest BCUT2D eigenvalue weighted by Gasteiger charge is 2.28. The van der Waals surface area contributed by atoms with Crippen molar-refractivity contribution in [2.75, 3.05) is 13.2 Å². The smallest absolute Gasteiger partial charge is 0.336 e. The number of carboxylic acids is 1. The molecule has 0 heterocycles. The minimum Gasteiger partial charge on any atom is -0.478 e. The van der Waals surface area contributed by atoms with Gasteiger partial charge in [-0.05, 0) is 38.5 Å². The van der Waals surface area contributed by atoms with E-state index in [-0.39, 0.29) is 29.7 Å². The lowest BCUT2D eigenvalue weighted by Gasteiger charge is -2.25. The summed E-state index contributed by atoms with van der Waals surface area (Å²) in [5.41, 5.74) is 0.385. The number of aromatic carboxylic acids is 1. The van der Waals surface area contributed by atoms with Crippen LogP contribution in [0.3, 0.4) is 0 Å². The molecule has 1 aromatic rings. The molecule has 0 saturated carbocycles. The topological polar surface area (TPSA) is 94.9 Å². The number of sulfonamides is 1. The molecule has 0 aliphatic carbocycles. The van der Waals surface area contributed by atoms with Gasteiger partial charge in [0.1, 0.15) is 0 Å². The molecule has 0 amide bonds. The van der Waals surface area contributed by atoms with Crippen LogP contribution in [0.1, 0.15) is 29.8 Å². The van der Waals surface area contributed by atoms with Crippen LogP contribution in [0, 0.1) is 6.92 Å². The number of aliphatic hydroxyl groups excluding tert-OH is 1. The Morgan fingerprint density at radius 3 is 2.38 bits per heavy atom. The summed E-state index contributed by atoms with van der Waals surface area (Å²) < 4.78 is 26.8. The number of rotatable bonds is 6. The quantitative estimate of drug-likeness (QED) is 0.786. The number of hydrogen-bond acceptors (Lipinski definition) is 4. The van der Waals surface area contributed by atoms with Crippen molar-refractivity contribution in [2.45, 2.75) is 31.7 Å². The monoisotopic (exact) mass is 379 g/mol. The normalized spacial score (nSPS) is 12.1. The highest BCUT2D eigenvalue weighted by atomic mass is 79.9. The molecule has 8 heteroatoms. The van der Waals surface area contributed by atoms with Crippen molar-refractivity contribution in [3.8, 4) is 0 Å². The Balaban J connectivity index is 3.47. The first-order valence-corrected chi connectivity index (χ1v) is 8.52. The highest BCUT2D eigenvalue weighted by molar-refractivity contribution is 9.10. The van der Waals surface area contributed by atoms with E-state index in [2.05, 4.69) is 15.9 Å². The molecule has 0 atom stereocenters. The molecule has 0 unspecified atom stereocenters. The summed E-state index contributed by atoms with van der Waals surface area (Å²) in [6.45, 7) is 4.62. The molecule has 118 valence electrons. The van der Waals surface area contributed by atoms with Crippen LogP contribution in [0.2, 0.25) is 0 Å². The number of halogens is 1. The van der Waals surface area contributed by atoms with Crippen LogP contribution in [0.5, 0.6) is 0 Å². The molecule has 2 N–H and O–H groups in total. The van der Waals surface area contributed by atoms with E-state index in [0.29, 0.717) is 10.0 Å². The van der Waals surface area contributed by atoms with Gasteiger partial charge in [-0.15, -0.1) is 0 Å². The van der Waals surface area contributed by atoms with Crippen molar-refractivity contribution in [3.63, 3.8) is 0 Å². The zero-order chi connectivity index (χ0) is 16.4.